The van der Waals surface area contributed by atoms with Crippen molar-refractivity contribution in [1.29, 1.82) is 0 Å². The van der Waals surface area contributed by atoms with Crippen LogP contribution in [0.1, 0.15) is 39.2 Å². The van der Waals surface area contributed by atoms with Crippen LogP contribution in [0, 0.1) is 0 Å². The number of nitrogens with zero attached hydrogens (tertiary/aromatic N) is 2. The first-order chi connectivity index (χ1) is 16.5. The van der Waals surface area contributed by atoms with Crippen LogP contribution in [0.2, 0.25) is 0 Å². The average Bonchev–Trinajstić information content (AvgIpc) is 2.81. The van der Waals surface area contributed by atoms with Crippen molar-refractivity contribution in [3.05, 3.63) is 65.8 Å². The van der Waals surface area contributed by atoms with Crippen molar-refractivity contribution in [3.8, 4) is 5.75 Å². The van der Waals surface area contributed by atoms with Crippen LogP contribution in [0.25, 0.3) is 5.57 Å². The van der Waals surface area contributed by atoms with Gasteiger partial charge in [-0.2, -0.15) is 0 Å². The Morgan fingerprint density at radius 1 is 1.23 bits per heavy atom. The van der Waals surface area contributed by atoms with Crippen molar-refractivity contribution in [2.45, 2.75) is 39.2 Å². The molecule has 1 amide bonds. The average molecular weight is 500 g/mol. The molecule has 35 heavy (non-hydrogen) atoms. The number of carbonyl (C=O) groups is 1. The predicted molar refractivity (Wildman–Crippen MR) is 143 cm³/mol. The number of amides is 1. The highest BCUT2D eigenvalue weighted by Gasteiger charge is 2.38. The molecule has 8 heteroatoms. The number of likely N-dealkylation sites (N-methyl/N-ethyl adjacent to an activating group) is 1. The molecule has 1 aromatic rings. The van der Waals surface area contributed by atoms with Crippen LogP contribution in [-0.2, 0) is 14.8 Å². The van der Waals surface area contributed by atoms with Gasteiger partial charge in [0, 0.05) is 55.8 Å². The quantitative estimate of drug-likeness (QED) is 0.428. The summed E-state index contributed by atoms with van der Waals surface area (Å²) in [5.41, 5.74) is 3.13. The molecule has 2 aliphatic heterocycles. The fraction of sp³-hybridized carbons (Fsp3) is 0.444. The normalized spacial score (nSPS) is 18.1. The first kappa shape index (κ1) is 26.8. The van der Waals surface area contributed by atoms with Gasteiger partial charge in [0.15, 0.2) is 0 Å². The minimum atomic E-state index is -3.42. The lowest BCUT2D eigenvalue weighted by Gasteiger charge is -2.42. The van der Waals surface area contributed by atoms with E-state index in [1.807, 2.05) is 39.0 Å². The summed E-state index contributed by atoms with van der Waals surface area (Å²) in [6, 6.07) is 5.36. The van der Waals surface area contributed by atoms with Crippen LogP contribution in [-0.4, -0.2) is 69.2 Å². The van der Waals surface area contributed by atoms with Gasteiger partial charge in [0.2, 0.25) is 10.0 Å². The minimum Gasteiger partial charge on any atom is -0.482 e. The maximum atomic E-state index is 12.7. The largest absolute Gasteiger partial charge is 0.482 e. The second kappa shape index (κ2) is 10.8. The molecule has 2 heterocycles. The molecule has 0 aliphatic carbocycles. The Balaban J connectivity index is 2.02. The van der Waals surface area contributed by atoms with Crippen molar-refractivity contribution in [1.82, 2.24) is 9.80 Å². The lowest BCUT2D eigenvalue weighted by Crippen LogP contribution is -2.46. The molecule has 1 N–H and O–H groups in total. The number of piperidine rings is 1. The van der Waals surface area contributed by atoms with E-state index in [9.17, 15) is 13.2 Å². The summed E-state index contributed by atoms with van der Waals surface area (Å²) in [4.78, 5) is 16.7. The maximum absolute atomic E-state index is 12.7. The van der Waals surface area contributed by atoms with E-state index in [1.165, 1.54) is 0 Å². The van der Waals surface area contributed by atoms with Gasteiger partial charge in [-0.3, -0.25) is 9.52 Å². The fourth-order valence-corrected chi connectivity index (χ4v) is 5.05. The molecule has 1 saturated heterocycles. The van der Waals surface area contributed by atoms with Crippen LogP contribution in [0.15, 0.2) is 60.2 Å². The van der Waals surface area contributed by atoms with E-state index in [0.717, 1.165) is 54.6 Å². The molecular weight excluding hydrogens is 462 g/mol. The Labute approximate surface area is 209 Å². The minimum absolute atomic E-state index is 0.0884. The number of carbonyl (C=O) groups excluding carboxylic acids is 1. The zero-order valence-corrected chi connectivity index (χ0v) is 22.2. The van der Waals surface area contributed by atoms with E-state index >= 15 is 0 Å². The molecule has 3 rings (SSSR count). The molecule has 190 valence electrons. The van der Waals surface area contributed by atoms with Crippen LogP contribution in [0.5, 0.6) is 5.75 Å². The first-order valence-electron chi connectivity index (χ1n) is 12.1. The second-order valence-electron chi connectivity index (χ2n) is 9.19. The molecular formula is C27H37N3O4S. The number of allylic oxidation sites excluding steroid dienone is 4. The summed E-state index contributed by atoms with van der Waals surface area (Å²) < 4.78 is 32.7. The summed E-state index contributed by atoms with van der Waals surface area (Å²) in [7, 11) is -1.32. The van der Waals surface area contributed by atoms with Crippen molar-refractivity contribution >= 4 is 27.2 Å². The number of sulfonamides is 1. The highest BCUT2D eigenvalue weighted by atomic mass is 32.2. The molecule has 0 radical (unpaired) electrons. The van der Waals surface area contributed by atoms with Gasteiger partial charge in [0.25, 0.3) is 5.91 Å². The molecule has 1 fully saturated rings. The number of benzene rings is 1. The van der Waals surface area contributed by atoms with Gasteiger partial charge < -0.3 is 14.5 Å². The number of ether oxygens (including phenoxy) is 1. The summed E-state index contributed by atoms with van der Waals surface area (Å²) >= 11 is 0. The van der Waals surface area contributed by atoms with Gasteiger partial charge in [-0.25, -0.2) is 8.42 Å². The smallest absolute Gasteiger partial charge is 0.253 e. The molecule has 0 atom stereocenters. The number of likely N-dealkylation sites (tertiary alicyclic amines) is 1. The van der Waals surface area contributed by atoms with Crippen molar-refractivity contribution < 1.29 is 17.9 Å². The zero-order valence-electron chi connectivity index (χ0n) is 21.4. The third kappa shape index (κ3) is 6.44. The third-order valence-corrected chi connectivity index (χ3v) is 7.14. The molecule has 0 unspecified atom stereocenters. The van der Waals surface area contributed by atoms with E-state index in [0.29, 0.717) is 24.4 Å². The van der Waals surface area contributed by atoms with Gasteiger partial charge >= 0.3 is 0 Å². The molecule has 2 aliphatic rings. The Morgan fingerprint density at radius 3 is 2.46 bits per heavy atom. The summed E-state index contributed by atoms with van der Waals surface area (Å²) in [6.07, 6.45) is 10.7. The van der Waals surface area contributed by atoms with Gasteiger partial charge in [-0.05, 0) is 69.3 Å². The second-order valence-corrected chi connectivity index (χ2v) is 10.9. The van der Waals surface area contributed by atoms with E-state index in [1.54, 1.807) is 23.1 Å². The van der Waals surface area contributed by atoms with Crippen molar-refractivity contribution in [3.63, 3.8) is 0 Å². The fourth-order valence-electron chi connectivity index (χ4n) is 4.50. The monoisotopic (exact) mass is 499 g/mol. The van der Waals surface area contributed by atoms with Gasteiger partial charge in [-0.15, -0.1) is 0 Å². The number of nitrogens with one attached hydrogen (secondary N) is 1. The van der Waals surface area contributed by atoms with Crippen molar-refractivity contribution in [2.24, 2.45) is 0 Å². The Morgan fingerprint density at radius 2 is 1.89 bits per heavy atom. The van der Waals surface area contributed by atoms with E-state index in [-0.39, 0.29) is 5.91 Å². The lowest BCUT2D eigenvalue weighted by molar-refractivity contribution is -0.126. The first-order valence-corrected chi connectivity index (χ1v) is 14.0. The number of anilines is 1. The standard InChI is InChI=1S/C27H37N3O4S/c1-7-21(11-10-20(4)26(31)30(8-2)9-3)24-19-27(14-16-29(5)17-15-27)34-25-13-12-22(18-23(24)25)28-35(6,32)33/h7,10-13,18-19,28H,4,8-9,14-17H2,1-3,5-6H3/b11-10-,21-7+. The highest BCUT2D eigenvalue weighted by Crippen LogP contribution is 2.44. The van der Waals surface area contributed by atoms with Gasteiger partial charge in [0.05, 0.1) is 6.26 Å². The molecule has 1 aromatic carbocycles. The summed E-state index contributed by atoms with van der Waals surface area (Å²) in [5, 5.41) is 0. The van der Waals surface area contributed by atoms with Crippen LogP contribution >= 0.6 is 0 Å². The van der Waals surface area contributed by atoms with E-state index in [2.05, 4.69) is 29.3 Å². The zero-order chi connectivity index (χ0) is 25.8. The summed E-state index contributed by atoms with van der Waals surface area (Å²) in [5.74, 6) is 0.631. The number of fused-ring (bicyclic) bond motifs is 1. The van der Waals surface area contributed by atoms with E-state index < -0.39 is 15.6 Å². The Hall–Kier alpha value is -2.84. The third-order valence-electron chi connectivity index (χ3n) is 6.54. The SMILES string of the molecule is C=C(/C=C\C(=C/C)C1=CC2(CCN(C)CC2)Oc2ccc(NS(C)(=O)=O)cc21)C(=O)N(CC)CC. The molecule has 0 bridgehead atoms. The van der Waals surface area contributed by atoms with Gasteiger partial charge in [-0.1, -0.05) is 18.7 Å². The molecule has 1 spiro atoms. The maximum Gasteiger partial charge on any atom is 0.253 e. The van der Waals surface area contributed by atoms with Crippen LogP contribution < -0.4 is 9.46 Å². The lowest BCUT2D eigenvalue weighted by atomic mass is 9.82. The summed E-state index contributed by atoms with van der Waals surface area (Å²) in [6.45, 7) is 12.9. The number of rotatable bonds is 8. The van der Waals surface area contributed by atoms with Crippen molar-refractivity contribution in [2.75, 3.05) is 44.2 Å². The Kier molecular flexibility index (Phi) is 8.28. The molecule has 0 saturated carbocycles. The Bertz CT molecular complexity index is 1170. The molecule has 0 aromatic heterocycles. The van der Waals surface area contributed by atoms with Crippen LogP contribution in [0.4, 0.5) is 5.69 Å². The molecule has 7 nitrogen and oxygen atoms in total. The van der Waals surface area contributed by atoms with Gasteiger partial charge in [0.1, 0.15) is 11.4 Å². The predicted octanol–water partition coefficient (Wildman–Crippen LogP) is 4.23. The van der Waals surface area contributed by atoms with E-state index in [4.69, 9.17) is 4.74 Å². The highest BCUT2D eigenvalue weighted by molar-refractivity contribution is 7.92. The van der Waals surface area contributed by atoms with Crippen LogP contribution in [0.3, 0.4) is 0 Å². The topological polar surface area (TPSA) is 79.0 Å². The number of hydrogen-bond acceptors (Lipinski definition) is 5. The number of hydrogen-bond donors (Lipinski definition) is 1.